The fraction of sp³-hybridized carbons (Fsp3) is 0.238. The standard InChI is InChI=1S/C21H19N5O3/c1-12-23-18-15-6-2-3-7-17(15)29-19(18)20(24-12)26-11-14(9-16(26)21(27)28)25-13-5-4-8-22-10-13/h2-8,10,14,16,25H,9,11H2,1H3,(H,27,28)/t14-,16-/m0/s1. The first-order valence-electron chi connectivity index (χ1n) is 9.42. The summed E-state index contributed by atoms with van der Waals surface area (Å²) in [6, 6.07) is 10.6. The lowest BCUT2D eigenvalue weighted by atomic mass is 10.1. The van der Waals surface area contributed by atoms with Crippen molar-refractivity contribution >= 4 is 39.5 Å². The Morgan fingerprint density at radius 3 is 2.90 bits per heavy atom. The number of aromatic nitrogens is 3. The Morgan fingerprint density at radius 1 is 1.24 bits per heavy atom. The molecule has 0 amide bonds. The second kappa shape index (κ2) is 6.73. The lowest BCUT2D eigenvalue weighted by molar-refractivity contribution is -0.138. The first-order chi connectivity index (χ1) is 14.1. The number of furan rings is 1. The van der Waals surface area contributed by atoms with Crippen LogP contribution in [0.2, 0.25) is 0 Å². The Morgan fingerprint density at radius 2 is 2.10 bits per heavy atom. The van der Waals surface area contributed by atoms with E-state index in [0.717, 1.165) is 11.1 Å². The molecule has 1 aliphatic heterocycles. The lowest BCUT2D eigenvalue weighted by Gasteiger charge is -2.22. The van der Waals surface area contributed by atoms with Gasteiger partial charge in [-0.15, -0.1) is 0 Å². The Bertz CT molecular complexity index is 1210. The molecule has 8 nitrogen and oxygen atoms in total. The van der Waals surface area contributed by atoms with Crippen molar-refractivity contribution in [2.75, 3.05) is 16.8 Å². The van der Waals surface area contributed by atoms with Gasteiger partial charge in [0.25, 0.3) is 0 Å². The third kappa shape index (κ3) is 3.02. The highest BCUT2D eigenvalue weighted by atomic mass is 16.4. The SMILES string of the molecule is Cc1nc(N2C[C@@H](Nc3cccnc3)C[C@H]2C(=O)O)c2oc3ccccc3c2n1. The van der Waals surface area contributed by atoms with E-state index in [0.29, 0.717) is 41.3 Å². The van der Waals surface area contributed by atoms with Crippen LogP contribution >= 0.6 is 0 Å². The number of aryl methyl sites for hydroxylation is 1. The number of aliphatic carboxylic acids is 1. The minimum atomic E-state index is -0.888. The molecule has 3 aromatic heterocycles. The van der Waals surface area contributed by atoms with Gasteiger partial charge in [0.05, 0.1) is 5.69 Å². The van der Waals surface area contributed by atoms with Crippen molar-refractivity contribution in [3.63, 3.8) is 0 Å². The number of anilines is 2. The quantitative estimate of drug-likeness (QED) is 0.548. The summed E-state index contributed by atoms with van der Waals surface area (Å²) in [6.45, 7) is 2.29. The molecule has 0 spiro atoms. The van der Waals surface area contributed by atoms with Crippen LogP contribution in [-0.4, -0.2) is 44.7 Å². The van der Waals surface area contributed by atoms with Crippen LogP contribution in [-0.2, 0) is 4.79 Å². The zero-order chi connectivity index (χ0) is 20.0. The maximum Gasteiger partial charge on any atom is 0.326 e. The fourth-order valence-electron chi connectivity index (χ4n) is 3.97. The molecule has 2 atom stereocenters. The van der Waals surface area contributed by atoms with Gasteiger partial charge >= 0.3 is 5.97 Å². The second-order valence-electron chi connectivity index (χ2n) is 7.20. The van der Waals surface area contributed by atoms with E-state index < -0.39 is 12.0 Å². The zero-order valence-corrected chi connectivity index (χ0v) is 15.7. The van der Waals surface area contributed by atoms with Crippen molar-refractivity contribution in [2.24, 2.45) is 0 Å². The number of pyridine rings is 1. The van der Waals surface area contributed by atoms with Gasteiger partial charge in [-0.25, -0.2) is 14.8 Å². The summed E-state index contributed by atoms with van der Waals surface area (Å²) in [7, 11) is 0. The van der Waals surface area contributed by atoms with E-state index in [1.54, 1.807) is 17.3 Å². The number of fused-ring (bicyclic) bond motifs is 3. The highest BCUT2D eigenvalue weighted by Crippen LogP contribution is 2.36. The summed E-state index contributed by atoms with van der Waals surface area (Å²) in [4.78, 5) is 27.0. The van der Waals surface area contributed by atoms with E-state index in [-0.39, 0.29) is 6.04 Å². The molecular weight excluding hydrogens is 370 g/mol. The van der Waals surface area contributed by atoms with Crippen LogP contribution in [0.4, 0.5) is 11.5 Å². The van der Waals surface area contributed by atoms with Gasteiger partial charge in [-0.1, -0.05) is 12.1 Å². The van der Waals surface area contributed by atoms with Crippen molar-refractivity contribution in [3.05, 3.63) is 54.6 Å². The Labute approximate surface area is 166 Å². The van der Waals surface area contributed by atoms with Gasteiger partial charge < -0.3 is 19.7 Å². The minimum absolute atomic E-state index is 0.0602. The number of nitrogens with one attached hydrogen (secondary N) is 1. The number of carboxylic acid groups (broad SMARTS) is 1. The molecule has 0 aliphatic carbocycles. The average Bonchev–Trinajstić information content (AvgIpc) is 3.30. The third-order valence-corrected chi connectivity index (χ3v) is 5.20. The van der Waals surface area contributed by atoms with Gasteiger partial charge in [0.1, 0.15) is 23.0 Å². The Balaban J connectivity index is 1.58. The van der Waals surface area contributed by atoms with Gasteiger partial charge in [0, 0.05) is 36.8 Å². The van der Waals surface area contributed by atoms with Crippen molar-refractivity contribution < 1.29 is 14.3 Å². The van der Waals surface area contributed by atoms with Crippen molar-refractivity contribution in [3.8, 4) is 0 Å². The van der Waals surface area contributed by atoms with Crippen LogP contribution < -0.4 is 10.2 Å². The van der Waals surface area contributed by atoms with E-state index in [1.165, 1.54) is 0 Å². The van der Waals surface area contributed by atoms with Gasteiger partial charge in [0.2, 0.25) is 0 Å². The first-order valence-corrected chi connectivity index (χ1v) is 9.42. The first kappa shape index (κ1) is 17.4. The maximum absolute atomic E-state index is 12.0. The van der Waals surface area contributed by atoms with Crippen LogP contribution in [0.25, 0.3) is 22.1 Å². The molecule has 1 aliphatic rings. The highest BCUT2D eigenvalue weighted by Gasteiger charge is 2.39. The highest BCUT2D eigenvalue weighted by molar-refractivity contribution is 6.06. The molecule has 29 heavy (non-hydrogen) atoms. The van der Waals surface area contributed by atoms with E-state index in [9.17, 15) is 9.90 Å². The topological polar surface area (TPSA) is 104 Å². The molecule has 0 bridgehead atoms. The van der Waals surface area contributed by atoms with Crippen LogP contribution in [0.15, 0.2) is 53.2 Å². The molecule has 1 fully saturated rings. The van der Waals surface area contributed by atoms with Gasteiger partial charge in [-0.2, -0.15) is 0 Å². The number of carbonyl (C=O) groups is 1. The number of para-hydroxylation sites is 1. The molecule has 0 radical (unpaired) electrons. The molecule has 4 aromatic rings. The maximum atomic E-state index is 12.0. The van der Waals surface area contributed by atoms with E-state index >= 15 is 0 Å². The van der Waals surface area contributed by atoms with Crippen LogP contribution in [0.1, 0.15) is 12.2 Å². The van der Waals surface area contributed by atoms with Crippen LogP contribution in [0, 0.1) is 6.92 Å². The number of nitrogens with zero attached hydrogens (tertiary/aromatic N) is 4. The summed E-state index contributed by atoms with van der Waals surface area (Å²) in [5, 5.41) is 14.1. The molecule has 0 saturated carbocycles. The monoisotopic (exact) mass is 389 g/mol. The largest absolute Gasteiger partial charge is 0.480 e. The molecule has 0 unspecified atom stereocenters. The van der Waals surface area contributed by atoms with Gasteiger partial charge in [0.15, 0.2) is 11.4 Å². The van der Waals surface area contributed by atoms with Crippen molar-refractivity contribution in [2.45, 2.75) is 25.4 Å². The minimum Gasteiger partial charge on any atom is -0.480 e. The number of carboxylic acids is 1. The third-order valence-electron chi connectivity index (χ3n) is 5.20. The smallest absolute Gasteiger partial charge is 0.326 e. The zero-order valence-electron chi connectivity index (χ0n) is 15.7. The second-order valence-corrected chi connectivity index (χ2v) is 7.20. The number of rotatable bonds is 4. The van der Waals surface area contributed by atoms with E-state index in [2.05, 4.69) is 20.3 Å². The molecule has 1 saturated heterocycles. The number of hydrogen-bond donors (Lipinski definition) is 2. The number of benzene rings is 1. The summed E-state index contributed by atoms with van der Waals surface area (Å²) in [5.74, 6) is 0.208. The fourth-order valence-corrected chi connectivity index (χ4v) is 3.97. The number of hydrogen-bond acceptors (Lipinski definition) is 7. The molecule has 4 heterocycles. The summed E-state index contributed by atoms with van der Waals surface area (Å²) in [5.41, 5.74) is 2.79. The van der Waals surface area contributed by atoms with Crippen LogP contribution in [0.3, 0.4) is 0 Å². The molecular formula is C21H19N5O3. The van der Waals surface area contributed by atoms with Crippen LogP contribution in [0.5, 0.6) is 0 Å². The van der Waals surface area contributed by atoms with E-state index in [1.807, 2.05) is 43.3 Å². The average molecular weight is 389 g/mol. The molecule has 146 valence electrons. The van der Waals surface area contributed by atoms with Crippen molar-refractivity contribution in [1.82, 2.24) is 15.0 Å². The predicted octanol–water partition coefficient (Wildman–Crippen LogP) is 3.22. The Kier molecular flexibility index (Phi) is 4.04. The van der Waals surface area contributed by atoms with Gasteiger partial charge in [-0.05, 0) is 31.2 Å². The molecule has 2 N–H and O–H groups in total. The normalized spacial score (nSPS) is 19.1. The van der Waals surface area contributed by atoms with E-state index in [4.69, 9.17) is 4.42 Å². The Hall–Kier alpha value is -3.68. The summed E-state index contributed by atoms with van der Waals surface area (Å²) >= 11 is 0. The molecule has 1 aromatic carbocycles. The van der Waals surface area contributed by atoms with Crippen molar-refractivity contribution in [1.29, 1.82) is 0 Å². The predicted molar refractivity (Wildman–Crippen MR) is 109 cm³/mol. The summed E-state index contributed by atoms with van der Waals surface area (Å²) in [6.07, 6.45) is 3.87. The van der Waals surface area contributed by atoms with Gasteiger partial charge in [-0.3, -0.25) is 4.98 Å². The molecule has 5 rings (SSSR count). The summed E-state index contributed by atoms with van der Waals surface area (Å²) < 4.78 is 6.04. The molecule has 8 heteroatoms. The lowest BCUT2D eigenvalue weighted by Crippen LogP contribution is -2.37.